The molecule has 0 unspecified atom stereocenters. The molecule has 148 valence electrons. The van der Waals surface area contributed by atoms with Gasteiger partial charge in [0.25, 0.3) is 11.6 Å². The van der Waals surface area contributed by atoms with Gasteiger partial charge in [-0.15, -0.1) is 23.1 Å². The molecule has 0 aliphatic heterocycles. The number of carbonyl (C=O) groups excluding carboxylic acids is 2. The third-order valence-corrected chi connectivity index (χ3v) is 5.42. The molecule has 1 heterocycles. The Labute approximate surface area is 174 Å². The van der Waals surface area contributed by atoms with Crippen molar-refractivity contribution in [2.24, 2.45) is 0 Å². The van der Waals surface area contributed by atoms with Crippen molar-refractivity contribution < 1.29 is 19.2 Å². The molecule has 0 saturated carbocycles. The van der Waals surface area contributed by atoms with Crippen molar-refractivity contribution in [1.82, 2.24) is 4.98 Å². The molecule has 1 N–H and O–H groups in total. The van der Waals surface area contributed by atoms with E-state index < -0.39 is 16.8 Å². The van der Waals surface area contributed by atoms with E-state index in [2.05, 4.69) is 15.0 Å². The molecule has 0 aliphatic rings. The van der Waals surface area contributed by atoms with E-state index in [1.807, 2.05) is 30.5 Å². The van der Waals surface area contributed by atoms with Gasteiger partial charge in [-0.3, -0.25) is 20.2 Å². The molecule has 1 amide bonds. The highest BCUT2D eigenvalue weighted by atomic mass is 32.2. The number of hydrogen-bond donors (Lipinski definition) is 1. The number of non-ortho nitro benzene ring substituents is 1. The number of anilines is 1. The maximum absolute atomic E-state index is 12.6. The van der Waals surface area contributed by atoms with E-state index in [1.165, 1.54) is 17.4 Å². The van der Waals surface area contributed by atoms with Crippen LogP contribution in [0.5, 0.6) is 0 Å². The molecule has 0 spiro atoms. The van der Waals surface area contributed by atoms with Crippen molar-refractivity contribution >= 4 is 45.8 Å². The third kappa shape index (κ3) is 4.79. The van der Waals surface area contributed by atoms with E-state index >= 15 is 0 Å². The fraction of sp³-hybridized carbons (Fsp3) is 0.105. The Kier molecular flexibility index (Phi) is 6.25. The van der Waals surface area contributed by atoms with Crippen molar-refractivity contribution in [3.8, 4) is 11.3 Å². The van der Waals surface area contributed by atoms with Crippen LogP contribution < -0.4 is 5.32 Å². The molecule has 0 saturated heterocycles. The zero-order chi connectivity index (χ0) is 21.0. The maximum atomic E-state index is 12.6. The average Bonchev–Trinajstić information content (AvgIpc) is 3.21. The minimum absolute atomic E-state index is 0.0410. The SMILES string of the molecule is COC(=O)c1cc(C(=O)Nc2nc(-c3ccc(SC)cc3)cs2)cc([N+](=O)[O-])c1. The van der Waals surface area contributed by atoms with Crippen LogP contribution in [0, 0.1) is 10.1 Å². The normalized spacial score (nSPS) is 10.4. The van der Waals surface area contributed by atoms with Crippen LogP contribution in [0.15, 0.2) is 52.7 Å². The summed E-state index contributed by atoms with van der Waals surface area (Å²) in [6, 6.07) is 11.2. The predicted molar refractivity (Wildman–Crippen MR) is 112 cm³/mol. The van der Waals surface area contributed by atoms with Gasteiger partial charge < -0.3 is 4.74 Å². The van der Waals surface area contributed by atoms with Gasteiger partial charge in [-0.2, -0.15) is 0 Å². The lowest BCUT2D eigenvalue weighted by molar-refractivity contribution is -0.384. The van der Waals surface area contributed by atoms with Gasteiger partial charge in [-0.05, 0) is 24.5 Å². The Hall–Kier alpha value is -3.24. The Bertz CT molecular complexity index is 1080. The third-order valence-electron chi connectivity index (χ3n) is 3.92. The number of nitro benzene ring substituents is 1. The number of rotatable bonds is 6. The monoisotopic (exact) mass is 429 g/mol. The number of aromatic nitrogens is 1. The molecule has 29 heavy (non-hydrogen) atoms. The lowest BCUT2D eigenvalue weighted by Crippen LogP contribution is -2.13. The number of hydrogen-bond acceptors (Lipinski definition) is 8. The molecule has 8 nitrogen and oxygen atoms in total. The van der Waals surface area contributed by atoms with Gasteiger partial charge >= 0.3 is 5.97 Å². The number of nitrogens with zero attached hydrogens (tertiary/aromatic N) is 2. The number of thioether (sulfide) groups is 1. The minimum Gasteiger partial charge on any atom is -0.465 e. The number of nitro groups is 1. The molecule has 3 rings (SSSR count). The Balaban J connectivity index is 1.83. The molecule has 10 heteroatoms. The number of methoxy groups -OCH3 is 1. The van der Waals surface area contributed by atoms with Crippen LogP contribution in [0.1, 0.15) is 20.7 Å². The van der Waals surface area contributed by atoms with E-state index in [0.717, 1.165) is 29.7 Å². The average molecular weight is 429 g/mol. The molecular formula is C19H15N3O5S2. The minimum atomic E-state index is -0.770. The summed E-state index contributed by atoms with van der Waals surface area (Å²) in [6.45, 7) is 0. The molecule has 1 aromatic heterocycles. The Morgan fingerprint density at radius 2 is 1.86 bits per heavy atom. The first-order valence-electron chi connectivity index (χ1n) is 8.20. The highest BCUT2D eigenvalue weighted by molar-refractivity contribution is 7.98. The van der Waals surface area contributed by atoms with Gasteiger partial charge in [-0.1, -0.05) is 12.1 Å². The smallest absolute Gasteiger partial charge is 0.338 e. The summed E-state index contributed by atoms with van der Waals surface area (Å²) in [4.78, 5) is 40.3. The van der Waals surface area contributed by atoms with E-state index in [-0.39, 0.29) is 16.8 Å². The second-order valence-electron chi connectivity index (χ2n) is 5.74. The number of esters is 1. The van der Waals surface area contributed by atoms with Crippen LogP contribution in [0.2, 0.25) is 0 Å². The lowest BCUT2D eigenvalue weighted by Gasteiger charge is -2.05. The van der Waals surface area contributed by atoms with Gasteiger partial charge in [0.05, 0.1) is 23.3 Å². The summed E-state index contributed by atoms with van der Waals surface area (Å²) < 4.78 is 4.59. The largest absolute Gasteiger partial charge is 0.465 e. The predicted octanol–water partition coefficient (Wildman–Crippen LogP) is 4.48. The number of ether oxygens (including phenoxy) is 1. The summed E-state index contributed by atoms with van der Waals surface area (Å²) in [5.74, 6) is -1.38. The summed E-state index contributed by atoms with van der Waals surface area (Å²) in [5.41, 5.74) is 1.10. The summed E-state index contributed by atoms with van der Waals surface area (Å²) >= 11 is 2.87. The van der Waals surface area contributed by atoms with Gasteiger partial charge in [0.15, 0.2) is 5.13 Å². The van der Waals surface area contributed by atoms with Crippen molar-refractivity contribution in [2.45, 2.75) is 4.90 Å². The highest BCUT2D eigenvalue weighted by Crippen LogP contribution is 2.27. The fourth-order valence-corrected chi connectivity index (χ4v) is 3.60. The van der Waals surface area contributed by atoms with Crippen molar-refractivity contribution in [3.63, 3.8) is 0 Å². The van der Waals surface area contributed by atoms with E-state index in [9.17, 15) is 19.7 Å². The van der Waals surface area contributed by atoms with Crippen LogP contribution in [-0.2, 0) is 4.74 Å². The van der Waals surface area contributed by atoms with Crippen molar-refractivity contribution in [1.29, 1.82) is 0 Å². The first-order chi connectivity index (χ1) is 13.9. The zero-order valence-corrected chi connectivity index (χ0v) is 17.0. The maximum Gasteiger partial charge on any atom is 0.338 e. The number of thiazole rings is 1. The Morgan fingerprint density at radius 3 is 2.48 bits per heavy atom. The van der Waals surface area contributed by atoms with Gasteiger partial charge in [-0.25, -0.2) is 9.78 Å². The van der Waals surface area contributed by atoms with E-state index in [1.54, 1.807) is 17.1 Å². The van der Waals surface area contributed by atoms with Crippen molar-refractivity contribution in [3.05, 3.63) is 69.1 Å². The molecule has 0 bridgehead atoms. The molecule has 0 radical (unpaired) electrons. The number of benzene rings is 2. The molecule has 0 atom stereocenters. The molecule has 0 fully saturated rings. The van der Waals surface area contributed by atoms with Gasteiger partial charge in [0.1, 0.15) is 0 Å². The zero-order valence-electron chi connectivity index (χ0n) is 15.4. The van der Waals surface area contributed by atoms with Crippen molar-refractivity contribution in [2.75, 3.05) is 18.7 Å². The van der Waals surface area contributed by atoms with Crippen LogP contribution in [-0.4, -0.2) is 35.1 Å². The first-order valence-corrected chi connectivity index (χ1v) is 10.3. The molecular weight excluding hydrogens is 414 g/mol. The quantitative estimate of drug-likeness (QED) is 0.266. The van der Waals surface area contributed by atoms with E-state index in [4.69, 9.17) is 0 Å². The summed E-state index contributed by atoms with van der Waals surface area (Å²) in [7, 11) is 1.16. The summed E-state index contributed by atoms with van der Waals surface area (Å²) in [5, 5.41) is 15.9. The topological polar surface area (TPSA) is 111 Å². The molecule has 3 aromatic rings. The molecule has 2 aromatic carbocycles. The first kappa shape index (κ1) is 20.5. The Morgan fingerprint density at radius 1 is 1.17 bits per heavy atom. The second kappa shape index (κ2) is 8.84. The standard InChI is InChI=1S/C19H15N3O5S2/c1-27-18(24)13-7-12(8-14(9-13)22(25)26)17(23)21-19-20-16(10-29-19)11-3-5-15(28-2)6-4-11/h3-10H,1-2H3,(H,20,21,23). The van der Waals surface area contributed by atoms with Crippen LogP contribution in [0.3, 0.4) is 0 Å². The number of carbonyl (C=O) groups is 2. The van der Waals surface area contributed by atoms with Crippen LogP contribution in [0.4, 0.5) is 10.8 Å². The number of amides is 1. The van der Waals surface area contributed by atoms with E-state index in [0.29, 0.717) is 10.8 Å². The molecule has 0 aliphatic carbocycles. The highest BCUT2D eigenvalue weighted by Gasteiger charge is 2.19. The van der Waals surface area contributed by atoms with Gasteiger partial charge in [0.2, 0.25) is 0 Å². The summed E-state index contributed by atoms with van der Waals surface area (Å²) in [6.07, 6.45) is 1.99. The van der Waals surface area contributed by atoms with Gasteiger partial charge in [0, 0.05) is 33.5 Å². The van der Waals surface area contributed by atoms with Crippen LogP contribution in [0.25, 0.3) is 11.3 Å². The van der Waals surface area contributed by atoms with Crippen LogP contribution >= 0.6 is 23.1 Å². The fourth-order valence-electron chi connectivity index (χ4n) is 2.48. The second-order valence-corrected chi connectivity index (χ2v) is 7.48. The lowest BCUT2D eigenvalue weighted by atomic mass is 10.1. The number of nitrogens with one attached hydrogen (secondary N) is 1.